The van der Waals surface area contributed by atoms with E-state index in [9.17, 15) is 14.9 Å². The first-order valence-corrected chi connectivity index (χ1v) is 7.00. The summed E-state index contributed by atoms with van der Waals surface area (Å²) >= 11 is 0. The second-order valence-corrected chi connectivity index (χ2v) is 5.65. The molecule has 7 nitrogen and oxygen atoms in total. The quantitative estimate of drug-likeness (QED) is 0.677. The van der Waals surface area contributed by atoms with Gasteiger partial charge in [0.25, 0.3) is 0 Å². The van der Waals surface area contributed by atoms with Crippen LogP contribution in [-0.2, 0) is 0 Å². The van der Waals surface area contributed by atoms with E-state index in [0.29, 0.717) is 17.8 Å². The van der Waals surface area contributed by atoms with Crippen LogP contribution < -0.4 is 4.90 Å². The summed E-state index contributed by atoms with van der Waals surface area (Å²) in [5, 5.41) is 19.9. The van der Waals surface area contributed by atoms with Gasteiger partial charge in [-0.3, -0.25) is 10.1 Å². The molecule has 114 valence electrons. The Kier molecular flexibility index (Phi) is 4.40. The molecule has 0 bridgehead atoms. The molecule has 0 aliphatic heterocycles. The Morgan fingerprint density at radius 2 is 2.05 bits per heavy atom. The minimum Gasteiger partial charge on any atom is -0.477 e. The fourth-order valence-electron chi connectivity index (χ4n) is 2.76. The summed E-state index contributed by atoms with van der Waals surface area (Å²) in [7, 11) is 1.86. The molecule has 1 aliphatic rings. The molecular formula is C14H19N3O4. The number of carbonyl (C=O) groups is 1. The van der Waals surface area contributed by atoms with Gasteiger partial charge < -0.3 is 10.0 Å². The van der Waals surface area contributed by atoms with Crippen LogP contribution in [0, 0.1) is 16.0 Å². The minimum atomic E-state index is -1.31. The second-order valence-electron chi connectivity index (χ2n) is 5.65. The summed E-state index contributed by atoms with van der Waals surface area (Å²) < 4.78 is 0. The molecule has 7 heteroatoms. The van der Waals surface area contributed by atoms with Crippen LogP contribution in [-0.4, -0.2) is 34.1 Å². The maximum Gasteiger partial charge on any atom is 0.342 e. The number of aromatic carboxylic acids is 1. The lowest BCUT2D eigenvalue weighted by molar-refractivity contribution is -0.385. The number of rotatable bonds is 4. The number of aromatic nitrogens is 1. The summed E-state index contributed by atoms with van der Waals surface area (Å²) in [5.74, 6) is -0.123. The normalized spacial score (nSPS) is 21.8. The van der Waals surface area contributed by atoms with Crippen LogP contribution in [0.25, 0.3) is 0 Å². The topological polar surface area (TPSA) is 96.6 Å². The number of hydrogen-bond donors (Lipinski definition) is 1. The summed E-state index contributed by atoms with van der Waals surface area (Å²) in [6, 6.07) is 1.59. The van der Waals surface area contributed by atoms with Crippen molar-refractivity contribution in [3.63, 3.8) is 0 Å². The lowest BCUT2D eigenvalue weighted by Gasteiger charge is -2.34. The van der Waals surface area contributed by atoms with Gasteiger partial charge in [0.2, 0.25) is 0 Å². The van der Waals surface area contributed by atoms with Crippen molar-refractivity contribution in [2.75, 3.05) is 11.9 Å². The third kappa shape index (κ3) is 3.29. The molecule has 1 aromatic rings. The van der Waals surface area contributed by atoms with Gasteiger partial charge in [0.05, 0.1) is 4.92 Å². The average Bonchev–Trinajstić information content (AvgIpc) is 2.46. The van der Waals surface area contributed by atoms with Crippen molar-refractivity contribution in [1.82, 2.24) is 4.98 Å². The van der Waals surface area contributed by atoms with Crippen molar-refractivity contribution in [1.29, 1.82) is 0 Å². The van der Waals surface area contributed by atoms with E-state index in [0.717, 1.165) is 31.9 Å². The zero-order chi connectivity index (χ0) is 15.6. The highest BCUT2D eigenvalue weighted by Crippen LogP contribution is 2.30. The highest BCUT2D eigenvalue weighted by molar-refractivity contribution is 5.93. The van der Waals surface area contributed by atoms with Crippen molar-refractivity contribution >= 4 is 17.5 Å². The number of nitrogens with zero attached hydrogens (tertiary/aromatic N) is 3. The number of hydrogen-bond acceptors (Lipinski definition) is 5. The van der Waals surface area contributed by atoms with Gasteiger partial charge in [-0.15, -0.1) is 0 Å². The first-order valence-electron chi connectivity index (χ1n) is 7.00. The number of carboxylic acid groups (broad SMARTS) is 1. The van der Waals surface area contributed by atoms with Crippen molar-refractivity contribution in [3.05, 3.63) is 27.9 Å². The molecule has 0 spiro atoms. The molecule has 1 heterocycles. The lowest BCUT2D eigenvalue weighted by atomic mass is 9.87. The maximum absolute atomic E-state index is 11.2. The fraction of sp³-hybridized carbons (Fsp3) is 0.571. The Morgan fingerprint density at radius 3 is 2.57 bits per heavy atom. The number of carboxylic acids is 1. The van der Waals surface area contributed by atoms with E-state index in [2.05, 4.69) is 11.9 Å². The molecule has 21 heavy (non-hydrogen) atoms. The van der Waals surface area contributed by atoms with Crippen molar-refractivity contribution < 1.29 is 14.8 Å². The average molecular weight is 293 g/mol. The summed E-state index contributed by atoms with van der Waals surface area (Å²) in [6.07, 6.45) is 5.35. The third-order valence-corrected chi connectivity index (χ3v) is 4.19. The zero-order valence-electron chi connectivity index (χ0n) is 12.2. The monoisotopic (exact) mass is 293 g/mol. The van der Waals surface area contributed by atoms with Gasteiger partial charge in [-0.1, -0.05) is 6.92 Å². The molecule has 2 rings (SSSR count). The molecule has 0 atom stereocenters. The molecule has 0 radical (unpaired) electrons. The first-order chi connectivity index (χ1) is 9.90. The van der Waals surface area contributed by atoms with Crippen LogP contribution >= 0.6 is 0 Å². The highest BCUT2D eigenvalue weighted by atomic mass is 16.6. The third-order valence-electron chi connectivity index (χ3n) is 4.19. The lowest BCUT2D eigenvalue weighted by Crippen LogP contribution is -2.35. The predicted octanol–water partition coefficient (Wildman–Crippen LogP) is 2.70. The Balaban J connectivity index is 2.25. The van der Waals surface area contributed by atoms with E-state index in [4.69, 9.17) is 5.11 Å². The van der Waals surface area contributed by atoms with E-state index < -0.39 is 16.6 Å². The minimum absolute atomic E-state index is 0.303. The Labute approximate surface area is 122 Å². The van der Waals surface area contributed by atoms with E-state index >= 15 is 0 Å². The van der Waals surface area contributed by atoms with Crippen LogP contribution in [0.1, 0.15) is 43.0 Å². The van der Waals surface area contributed by atoms with Gasteiger partial charge in [-0.2, -0.15) is 0 Å². The summed E-state index contributed by atoms with van der Waals surface area (Å²) in [5.41, 5.74) is -0.794. The standard InChI is InChI=1S/C14H19N3O4/c1-9-3-5-10(6-4-9)16(2)13-7-11(14(18)19)12(8-15-13)17(20)21/h7-10H,3-6H2,1-2H3,(H,18,19). The number of nitro groups is 1. The summed E-state index contributed by atoms with van der Waals surface area (Å²) in [4.78, 5) is 27.3. The second kappa shape index (κ2) is 6.07. The predicted molar refractivity (Wildman–Crippen MR) is 77.7 cm³/mol. The number of pyridine rings is 1. The zero-order valence-corrected chi connectivity index (χ0v) is 12.2. The Hall–Kier alpha value is -2.18. The molecule has 1 fully saturated rings. The summed E-state index contributed by atoms with van der Waals surface area (Å²) in [6.45, 7) is 2.23. The molecule has 1 saturated carbocycles. The molecule has 1 aliphatic carbocycles. The van der Waals surface area contributed by atoms with Crippen molar-refractivity contribution in [3.8, 4) is 0 Å². The van der Waals surface area contributed by atoms with Crippen LogP contribution in [0.3, 0.4) is 0 Å². The Bertz CT molecular complexity index is 553. The number of anilines is 1. The highest BCUT2D eigenvalue weighted by Gasteiger charge is 2.26. The van der Waals surface area contributed by atoms with Gasteiger partial charge in [-0.05, 0) is 31.6 Å². The molecular weight excluding hydrogens is 274 g/mol. The Morgan fingerprint density at radius 1 is 1.43 bits per heavy atom. The van der Waals surface area contributed by atoms with Gasteiger partial charge >= 0.3 is 11.7 Å². The van der Waals surface area contributed by atoms with Crippen LogP contribution in [0.5, 0.6) is 0 Å². The van der Waals surface area contributed by atoms with Gasteiger partial charge in [-0.25, -0.2) is 9.78 Å². The van der Waals surface area contributed by atoms with E-state index in [1.165, 1.54) is 6.07 Å². The molecule has 0 unspecified atom stereocenters. The van der Waals surface area contributed by atoms with Crippen LogP contribution in [0.4, 0.5) is 11.5 Å². The molecule has 0 amide bonds. The van der Waals surface area contributed by atoms with Crippen molar-refractivity contribution in [2.24, 2.45) is 5.92 Å². The maximum atomic E-state index is 11.2. The molecule has 0 aromatic carbocycles. The van der Waals surface area contributed by atoms with E-state index in [1.54, 1.807) is 0 Å². The van der Waals surface area contributed by atoms with Crippen molar-refractivity contribution in [2.45, 2.75) is 38.6 Å². The smallest absolute Gasteiger partial charge is 0.342 e. The van der Waals surface area contributed by atoms with Gasteiger partial charge in [0, 0.05) is 19.2 Å². The molecule has 1 N–H and O–H groups in total. The van der Waals surface area contributed by atoms with Crippen LogP contribution in [0.2, 0.25) is 0 Å². The van der Waals surface area contributed by atoms with E-state index in [-0.39, 0.29) is 5.56 Å². The van der Waals surface area contributed by atoms with E-state index in [1.807, 2.05) is 11.9 Å². The SMILES string of the molecule is CC1CCC(N(C)c2cc(C(=O)O)c([N+](=O)[O-])cn2)CC1. The fourth-order valence-corrected chi connectivity index (χ4v) is 2.76. The molecule has 1 aromatic heterocycles. The molecule has 0 saturated heterocycles. The van der Waals surface area contributed by atoms with Gasteiger partial charge in [0.15, 0.2) is 0 Å². The van der Waals surface area contributed by atoms with Gasteiger partial charge in [0.1, 0.15) is 17.6 Å². The first kappa shape index (κ1) is 15.2. The van der Waals surface area contributed by atoms with Crippen LogP contribution in [0.15, 0.2) is 12.3 Å². The largest absolute Gasteiger partial charge is 0.477 e.